The number of hydrogen-bond donors (Lipinski definition) is 0. The molecule has 2 aliphatic heterocycles. The van der Waals surface area contributed by atoms with Crippen molar-refractivity contribution in [2.24, 2.45) is 0 Å². The maximum Gasteiger partial charge on any atom is 0.249 e. The van der Waals surface area contributed by atoms with Gasteiger partial charge in [-0.15, -0.1) is 0 Å². The second-order valence-corrected chi connectivity index (χ2v) is 27.0. The summed E-state index contributed by atoms with van der Waals surface area (Å²) in [5.74, 6) is 0. The normalized spacial score (nSPS) is 14.0. The zero-order valence-corrected chi connectivity index (χ0v) is 49.5. The van der Waals surface area contributed by atoms with Gasteiger partial charge in [0.1, 0.15) is 0 Å². The predicted octanol–water partition coefficient (Wildman–Crippen LogP) is 19.5. The molecule has 0 fully saturated rings. The van der Waals surface area contributed by atoms with E-state index in [4.69, 9.17) is 0 Å². The maximum atomic E-state index is 2.67. The summed E-state index contributed by atoms with van der Waals surface area (Å²) < 4.78 is 2.59. The summed E-state index contributed by atoms with van der Waals surface area (Å²) in [7, 11) is 0. The molecule has 2 nitrogen and oxygen atoms in total. The molecule has 0 saturated heterocycles. The zero-order valence-electron chi connectivity index (χ0n) is 48.7. The van der Waals surface area contributed by atoms with Crippen molar-refractivity contribution in [2.45, 2.75) is 67.6 Å². The van der Waals surface area contributed by atoms with Gasteiger partial charge in [-0.3, -0.25) is 0 Å². The molecule has 2 aliphatic carbocycles. The van der Waals surface area contributed by atoms with Gasteiger partial charge in [0.05, 0.1) is 22.1 Å². The first kappa shape index (κ1) is 50.2. The zero-order chi connectivity index (χ0) is 57.1. The Morgan fingerprint density at radius 2 is 0.882 bits per heavy atom. The Bertz CT molecular complexity index is 4770. The highest BCUT2D eigenvalue weighted by atomic mass is 32.2. The van der Waals surface area contributed by atoms with E-state index in [1.807, 2.05) is 11.8 Å². The van der Waals surface area contributed by atoms with Crippen LogP contribution in [0.25, 0.3) is 83.1 Å². The van der Waals surface area contributed by atoms with Crippen molar-refractivity contribution in [3.8, 4) is 61.3 Å². The van der Waals surface area contributed by atoms with Gasteiger partial charge < -0.3 is 9.47 Å². The van der Waals surface area contributed by atoms with Crippen LogP contribution in [0.4, 0.5) is 17.1 Å². The Morgan fingerprint density at radius 3 is 1.45 bits per heavy atom. The smallest absolute Gasteiger partial charge is 0.249 e. The van der Waals surface area contributed by atoms with Gasteiger partial charge in [-0.2, -0.15) is 0 Å². The fourth-order valence-corrected chi connectivity index (χ4v) is 16.6. The van der Waals surface area contributed by atoms with Gasteiger partial charge in [0.25, 0.3) is 0 Å². The van der Waals surface area contributed by atoms with Crippen LogP contribution in [0.15, 0.2) is 271 Å². The third-order valence-corrected chi connectivity index (χ3v) is 20.4. The Hall–Kier alpha value is -9.35. The molecule has 4 aliphatic rings. The molecule has 17 rings (SSSR count). The lowest BCUT2D eigenvalue weighted by Gasteiger charge is -2.42. The van der Waals surface area contributed by atoms with Crippen LogP contribution in [0.1, 0.15) is 74.9 Å². The van der Waals surface area contributed by atoms with E-state index in [1.54, 1.807) is 0 Å². The summed E-state index contributed by atoms with van der Waals surface area (Å²) in [6, 6.07) is 99.8. The molecule has 0 unspecified atom stereocenters. The topological polar surface area (TPSA) is 8.17 Å². The third-order valence-electron chi connectivity index (χ3n) is 19.2. The molecule has 0 bridgehead atoms. The standard InChI is InChI=1S/C81H61BN2S/c1-79(2,3)54-38-43-70-62(46-54)63-47-55(80(4,5)6)39-44-71(63)83(70)56-48-73-76-74(49-56)85-78-68(41-40-67-75(78)61-31-18-21-36-66(61)81(67)64-34-19-16-29-59(64)60-30-17-20-35-65(60)81)82(76)69-45-53(50-23-10-7-11-24-50)37-42-72(69)84(73)77-57(51-25-12-8-13-26-51)32-22-33-58(77)52-27-14-9-15-28-52/h7-49H,1-6H3. The van der Waals surface area contributed by atoms with Crippen LogP contribution >= 0.6 is 11.8 Å². The molecule has 0 N–H and O–H groups in total. The lowest BCUT2D eigenvalue weighted by Crippen LogP contribution is -2.60. The molecule has 0 atom stereocenters. The highest BCUT2D eigenvalue weighted by Crippen LogP contribution is 2.64. The first-order valence-electron chi connectivity index (χ1n) is 30.1. The average Bonchev–Trinajstić information content (AvgIpc) is 1.57. The maximum absolute atomic E-state index is 2.67. The summed E-state index contributed by atoms with van der Waals surface area (Å²) in [5.41, 5.74) is 31.1. The predicted molar refractivity (Wildman–Crippen MR) is 361 cm³/mol. The number of anilines is 3. The second kappa shape index (κ2) is 18.3. The Balaban J connectivity index is 1.02. The molecule has 0 amide bonds. The lowest BCUT2D eigenvalue weighted by molar-refractivity contribution is 0.590. The number of nitrogens with zero attached hydrogens (tertiary/aromatic N) is 2. The number of rotatable bonds is 5. The van der Waals surface area contributed by atoms with Crippen molar-refractivity contribution in [2.75, 3.05) is 4.90 Å². The first-order chi connectivity index (χ1) is 41.4. The summed E-state index contributed by atoms with van der Waals surface area (Å²) >= 11 is 1.99. The van der Waals surface area contributed by atoms with Crippen molar-refractivity contribution >= 4 is 73.7 Å². The van der Waals surface area contributed by atoms with Gasteiger partial charge in [-0.25, -0.2) is 0 Å². The molecule has 3 heterocycles. The van der Waals surface area contributed by atoms with Gasteiger partial charge in [0.2, 0.25) is 6.71 Å². The Morgan fingerprint density at radius 1 is 0.376 bits per heavy atom. The molecular formula is C81H61BN2S. The largest absolute Gasteiger partial charge is 0.310 e. The summed E-state index contributed by atoms with van der Waals surface area (Å²) in [6.45, 7) is 13.9. The van der Waals surface area contributed by atoms with Crippen LogP contribution in [0.2, 0.25) is 0 Å². The number of para-hydroxylation sites is 1. The molecule has 1 aromatic heterocycles. The van der Waals surface area contributed by atoms with E-state index in [-0.39, 0.29) is 17.5 Å². The third kappa shape index (κ3) is 7.22. The SMILES string of the molecule is CC(C)(C)c1ccc2c(c1)c1cc(C(C)(C)C)ccc1n2-c1cc2c3c(c1)N(c1c(-c4ccccc4)cccc1-c1ccccc1)c1ccc(-c4ccccc4)cc1B3c1ccc3c(c1S2)-c1ccccc1C31c2ccccc2-c2ccccc21. The van der Waals surface area contributed by atoms with Gasteiger partial charge in [-0.1, -0.05) is 277 Å². The van der Waals surface area contributed by atoms with Crippen LogP contribution in [-0.4, -0.2) is 11.3 Å². The Kier molecular flexibility index (Phi) is 10.8. The molecular weight excluding hydrogens is 1040 g/mol. The van der Waals surface area contributed by atoms with Gasteiger partial charge in [-0.05, 0) is 137 Å². The van der Waals surface area contributed by atoms with E-state index < -0.39 is 5.41 Å². The van der Waals surface area contributed by atoms with E-state index in [9.17, 15) is 0 Å². The van der Waals surface area contributed by atoms with Crippen molar-refractivity contribution in [1.29, 1.82) is 0 Å². The average molecular weight is 1110 g/mol. The second-order valence-electron chi connectivity index (χ2n) is 25.9. The minimum atomic E-state index is -0.473. The fraction of sp³-hybridized carbons (Fsp3) is 0.111. The van der Waals surface area contributed by atoms with Crippen LogP contribution in [0.3, 0.4) is 0 Å². The number of fused-ring (bicyclic) bond motifs is 18. The monoisotopic (exact) mass is 1100 g/mol. The number of aromatic nitrogens is 1. The minimum absolute atomic E-state index is 0.0315. The Labute approximate surface area is 503 Å². The quantitative estimate of drug-likeness (QED) is 0.159. The van der Waals surface area contributed by atoms with Crippen LogP contribution in [0, 0.1) is 0 Å². The van der Waals surface area contributed by atoms with Gasteiger partial charge in [0.15, 0.2) is 0 Å². The van der Waals surface area contributed by atoms with E-state index in [0.29, 0.717) is 0 Å². The van der Waals surface area contributed by atoms with Gasteiger partial charge in [0, 0.05) is 54.3 Å². The van der Waals surface area contributed by atoms with E-state index in [1.165, 1.54) is 148 Å². The number of benzene rings is 12. The van der Waals surface area contributed by atoms with Crippen LogP contribution < -0.4 is 21.3 Å². The van der Waals surface area contributed by atoms with E-state index in [0.717, 1.165) is 11.4 Å². The first-order valence-corrected chi connectivity index (χ1v) is 30.9. The van der Waals surface area contributed by atoms with Crippen molar-refractivity contribution in [3.63, 3.8) is 0 Å². The van der Waals surface area contributed by atoms with Crippen LogP contribution in [-0.2, 0) is 16.2 Å². The highest BCUT2D eigenvalue weighted by molar-refractivity contribution is 8.00. The summed E-state index contributed by atoms with van der Waals surface area (Å²) in [4.78, 5) is 5.29. The molecule has 1 spiro atoms. The lowest BCUT2D eigenvalue weighted by atomic mass is 9.34. The molecule has 404 valence electrons. The molecule has 0 radical (unpaired) electrons. The van der Waals surface area contributed by atoms with Crippen molar-refractivity contribution in [3.05, 3.63) is 294 Å². The van der Waals surface area contributed by atoms with Crippen molar-refractivity contribution in [1.82, 2.24) is 4.57 Å². The van der Waals surface area contributed by atoms with E-state index >= 15 is 0 Å². The fourth-order valence-electron chi connectivity index (χ4n) is 15.3. The highest BCUT2D eigenvalue weighted by Gasteiger charge is 2.54. The van der Waals surface area contributed by atoms with Crippen molar-refractivity contribution < 1.29 is 0 Å². The molecule has 13 aromatic rings. The molecule has 0 saturated carbocycles. The van der Waals surface area contributed by atoms with Crippen LogP contribution in [0.5, 0.6) is 0 Å². The molecule has 85 heavy (non-hydrogen) atoms. The molecule has 12 aromatic carbocycles. The van der Waals surface area contributed by atoms with E-state index in [2.05, 4.69) is 312 Å². The summed E-state index contributed by atoms with van der Waals surface area (Å²) in [6.07, 6.45) is 0. The van der Waals surface area contributed by atoms with Gasteiger partial charge >= 0.3 is 0 Å². The summed E-state index contributed by atoms with van der Waals surface area (Å²) in [5, 5.41) is 2.56. The minimum Gasteiger partial charge on any atom is -0.310 e. The molecule has 4 heteroatoms. The number of hydrogen-bond acceptors (Lipinski definition) is 2.